The smallest absolute Gasteiger partial charge is 0.0375 e. The normalized spacial score (nSPS) is 27.7. The van der Waals surface area contributed by atoms with Crippen LogP contribution < -0.4 is 5.32 Å². The number of nitrogens with one attached hydrogen (secondary N) is 1. The van der Waals surface area contributed by atoms with Gasteiger partial charge < -0.3 is 5.32 Å². The summed E-state index contributed by atoms with van der Waals surface area (Å²) in [6, 6.07) is 6.76. The van der Waals surface area contributed by atoms with Crippen LogP contribution in [-0.2, 0) is 13.0 Å². The molecular formula is C16H24N2S. The third kappa shape index (κ3) is 3.09. The molecule has 0 amide bonds. The van der Waals surface area contributed by atoms with Crippen LogP contribution in [-0.4, -0.2) is 35.0 Å². The molecule has 1 aromatic rings. The van der Waals surface area contributed by atoms with Crippen molar-refractivity contribution in [3.05, 3.63) is 29.3 Å². The van der Waals surface area contributed by atoms with Crippen molar-refractivity contribution in [2.75, 3.05) is 25.0 Å². The lowest BCUT2D eigenvalue weighted by atomic mass is 9.97. The van der Waals surface area contributed by atoms with E-state index in [0.717, 1.165) is 23.6 Å². The Bertz CT molecular complexity index is 436. The Kier molecular flexibility index (Phi) is 4.04. The summed E-state index contributed by atoms with van der Waals surface area (Å²) in [5.41, 5.74) is 4.47. The fraction of sp³-hybridized carbons (Fsp3) is 0.625. The van der Waals surface area contributed by atoms with Crippen molar-refractivity contribution in [1.82, 2.24) is 4.90 Å². The zero-order valence-corrected chi connectivity index (χ0v) is 12.8. The number of benzene rings is 1. The first kappa shape index (κ1) is 13.3. The second-order valence-corrected chi connectivity index (χ2v) is 7.81. The molecule has 1 aromatic carbocycles. The van der Waals surface area contributed by atoms with Gasteiger partial charge in [-0.15, -0.1) is 0 Å². The van der Waals surface area contributed by atoms with E-state index in [4.69, 9.17) is 0 Å². The van der Waals surface area contributed by atoms with Crippen LogP contribution in [0.2, 0.25) is 0 Å². The lowest BCUT2D eigenvalue weighted by molar-refractivity contribution is 0.262. The van der Waals surface area contributed by atoms with Crippen molar-refractivity contribution in [3.63, 3.8) is 0 Å². The average Bonchev–Trinajstić information content (AvgIpc) is 2.38. The molecule has 104 valence electrons. The number of hydrogen-bond donors (Lipinski definition) is 1. The molecule has 2 atom stereocenters. The van der Waals surface area contributed by atoms with E-state index < -0.39 is 0 Å². The Morgan fingerprint density at radius 2 is 2.05 bits per heavy atom. The summed E-state index contributed by atoms with van der Waals surface area (Å²) in [5.74, 6) is 0. The van der Waals surface area contributed by atoms with E-state index in [1.165, 1.54) is 37.2 Å². The highest BCUT2D eigenvalue weighted by molar-refractivity contribution is 8.00. The molecule has 2 nitrogen and oxygen atoms in total. The first-order valence-electron chi connectivity index (χ1n) is 7.45. The van der Waals surface area contributed by atoms with Gasteiger partial charge in [0, 0.05) is 42.4 Å². The second kappa shape index (κ2) is 5.76. The SMILES string of the molecule is CC1CN(Cc2cccc3c2CCCN3)CC(C)S1. The van der Waals surface area contributed by atoms with E-state index in [0.29, 0.717) is 0 Å². The highest BCUT2D eigenvalue weighted by atomic mass is 32.2. The molecule has 0 aliphatic carbocycles. The standard InChI is InChI=1S/C16H24N2S/c1-12-9-18(10-13(2)19-12)11-14-5-3-7-16-15(14)6-4-8-17-16/h3,5,7,12-13,17H,4,6,8-11H2,1-2H3. The van der Waals surface area contributed by atoms with Crippen LogP contribution in [0.1, 0.15) is 31.4 Å². The van der Waals surface area contributed by atoms with Crippen molar-refractivity contribution < 1.29 is 0 Å². The molecule has 1 fully saturated rings. The van der Waals surface area contributed by atoms with Gasteiger partial charge in [0.15, 0.2) is 0 Å². The molecule has 1 saturated heterocycles. The number of fused-ring (bicyclic) bond motifs is 1. The van der Waals surface area contributed by atoms with Gasteiger partial charge >= 0.3 is 0 Å². The average molecular weight is 276 g/mol. The minimum Gasteiger partial charge on any atom is -0.385 e. The topological polar surface area (TPSA) is 15.3 Å². The first-order valence-corrected chi connectivity index (χ1v) is 8.39. The van der Waals surface area contributed by atoms with Gasteiger partial charge in [-0.1, -0.05) is 26.0 Å². The number of hydrogen-bond acceptors (Lipinski definition) is 3. The van der Waals surface area contributed by atoms with Crippen molar-refractivity contribution in [1.29, 1.82) is 0 Å². The molecule has 1 N–H and O–H groups in total. The van der Waals surface area contributed by atoms with Crippen LogP contribution in [0.4, 0.5) is 5.69 Å². The first-order chi connectivity index (χ1) is 9.22. The third-order valence-corrected chi connectivity index (χ3v) is 5.31. The van der Waals surface area contributed by atoms with Crippen molar-refractivity contribution in [3.8, 4) is 0 Å². The van der Waals surface area contributed by atoms with Crippen LogP contribution in [0.5, 0.6) is 0 Å². The van der Waals surface area contributed by atoms with E-state index in [2.05, 4.69) is 54.0 Å². The van der Waals surface area contributed by atoms with Crippen LogP contribution in [0.3, 0.4) is 0 Å². The van der Waals surface area contributed by atoms with Gasteiger partial charge in [-0.25, -0.2) is 0 Å². The second-order valence-electron chi connectivity index (χ2n) is 5.92. The Hall–Kier alpha value is -0.670. The summed E-state index contributed by atoms with van der Waals surface area (Å²) in [6.45, 7) is 9.42. The van der Waals surface area contributed by atoms with Crippen molar-refractivity contribution in [2.24, 2.45) is 0 Å². The van der Waals surface area contributed by atoms with Gasteiger partial charge in [0.1, 0.15) is 0 Å². The van der Waals surface area contributed by atoms with Crippen LogP contribution in [0.25, 0.3) is 0 Å². The molecule has 0 aromatic heterocycles. The minimum atomic E-state index is 0.765. The van der Waals surface area contributed by atoms with Gasteiger partial charge in [-0.3, -0.25) is 4.90 Å². The molecule has 0 spiro atoms. The molecule has 0 bridgehead atoms. The molecule has 0 radical (unpaired) electrons. The van der Waals surface area contributed by atoms with Gasteiger partial charge in [0.25, 0.3) is 0 Å². The minimum absolute atomic E-state index is 0.765. The Labute approximate surface area is 121 Å². The molecule has 2 heterocycles. The van der Waals surface area contributed by atoms with Crippen LogP contribution in [0, 0.1) is 0 Å². The molecular weight excluding hydrogens is 252 g/mol. The molecule has 2 aliphatic heterocycles. The van der Waals surface area contributed by atoms with Gasteiger partial charge in [-0.05, 0) is 30.0 Å². The Balaban J connectivity index is 1.76. The summed E-state index contributed by atoms with van der Waals surface area (Å²) < 4.78 is 0. The van der Waals surface area contributed by atoms with E-state index in [-0.39, 0.29) is 0 Å². The van der Waals surface area contributed by atoms with E-state index in [1.807, 2.05) is 0 Å². The maximum atomic E-state index is 3.54. The molecule has 3 rings (SSSR count). The van der Waals surface area contributed by atoms with Crippen molar-refractivity contribution in [2.45, 2.75) is 43.7 Å². The zero-order valence-electron chi connectivity index (χ0n) is 12.0. The van der Waals surface area contributed by atoms with Crippen LogP contribution in [0.15, 0.2) is 18.2 Å². The van der Waals surface area contributed by atoms with E-state index in [9.17, 15) is 0 Å². The monoisotopic (exact) mass is 276 g/mol. The molecule has 2 unspecified atom stereocenters. The predicted molar refractivity (Wildman–Crippen MR) is 85.0 cm³/mol. The maximum absolute atomic E-state index is 3.54. The molecule has 2 aliphatic rings. The number of rotatable bonds is 2. The molecule has 0 saturated carbocycles. The fourth-order valence-corrected chi connectivity index (χ4v) is 4.77. The predicted octanol–water partition coefficient (Wildman–Crippen LogP) is 3.37. The molecule has 3 heteroatoms. The quantitative estimate of drug-likeness (QED) is 0.891. The number of thioether (sulfide) groups is 1. The molecule has 19 heavy (non-hydrogen) atoms. The maximum Gasteiger partial charge on any atom is 0.0375 e. The summed E-state index contributed by atoms with van der Waals surface area (Å²) in [4.78, 5) is 2.63. The highest BCUT2D eigenvalue weighted by Crippen LogP contribution is 2.29. The van der Waals surface area contributed by atoms with E-state index in [1.54, 1.807) is 5.56 Å². The van der Waals surface area contributed by atoms with Gasteiger partial charge in [0.2, 0.25) is 0 Å². The zero-order chi connectivity index (χ0) is 13.2. The Morgan fingerprint density at radius 3 is 2.84 bits per heavy atom. The van der Waals surface area contributed by atoms with Gasteiger partial charge in [-0.2, -0.15) is 11.8 Å². The summed E-state index contributed by atoms with van der Waals surface area (Å²) >= 11 is 2.13. The third-order valence-electron chi connectivity index (χ3n) is 4.08. The number of anilines is 1. The lowest BCUT2D eigenvalue weighted by Crippen LogP contribution is -2.40. The fourth-order valence-electron chi connectivity index (χ4n) is 3.39. The Morgan fingerprint density at radius 1 is 1.26 bits per heavy atom. The van der Waals surface area contributed by atoms with Crippen molar-refractivity contribution >= 4 is 17.4 Å². The number of nitrogens with zero attached hydrogens (tertiary/aromatic N) is 1. The summed E-state index contributed by atoms with van der Waals surface area (Å²) in [6.07, 6.45) is 2.51. The summed E-state index contributed by atoms with van der Waals surface area (Å²) in [7, 11) is 0. The van der Waals surface area contributed by atoms with Gasteiger partial charge in [0.05, 0.1) is 0 Å². The highest BCUT2D eigenvalue weighted by Gasteiger charge is 2.23. The lowest BCUT2D eigenvalue weighted by Gasteiger charge is -2.35. The van der Waals surface area contributed by atoms with E-state index >= 15 is 0 Å². The van der Waals surface area contributed by atoms with Crippen LogP contribution >= 0.6 is 11.8 Å². The summed E-state index contributed by atoms with van der Waals surface area (Å²) in [5, 5.41) is 5.07. The largest absolute Gasteiger partial charge is 0.385 e.